The lowest BCUT2D eigenvalue weighted by Gasteiger charge is -2.43. The van der Waals surface area contributed by atoms with Crippen LogP contribution < -0.4 is 10.6 Å². The summed E-state index contributed by atoms with van der Waals surface area (Å²) in [5.74, 6) is 0.878. The van der Waals surface area contributed by atoms with Crippen molar-refractivity contribution in [3.8, 4) is 0 Å². The predicted octanol–water partition coefficient (Wildman–Crippen LogP) is 2.88. The molecule has 1 aromatic heterocycles. The number of halogens is 1. The van der Waals surface area contributed by atoms with Crippen LogP contribution in [-0.2, 0) is 11.2 Å². The zero-order valence-electron chi connectivity index (χ0n) is 16.1. The molecule has 2 N–H and O–H groups in total. The molecule has 2 heterocycles. The first-order valence-electron chi connectivity index (χ1n) is 8.73. The molecule has 144 valence electrons. The molecule has 1 unspecified atom stereocenters. The maximum Gasteiger partial charge on any atom is 0.191 e. The van der Waals surface area contributed by atoms with Crippen LogP contribution in [-0.4, -0.2) is 63.3 Å². The number of rotatable bonds is 6. The Bertz CT molecular complexity index is 541. The number of aliphatic imine (C=N–C) groups is 1. The number of likely N-dealkylation sites (N-methyl/N-ethyl adjacent to an activating group) is 1. The first-order valence-corrected chi connectivity index (χ1v) is 9.54. The fourth-order valence-corrected chi connectivity index (χ4v) is 4.18. The monoisotopic (exact) mass is 480 g/mol. The highest BCUT2D eigenvalue weighted by atomic mass is 127. The van der Waals surface area contributed by atoms with E-state index in [4.69, 9.17) is 4.74 Å². The van der Waals surface area contributed by atoms with Gasteiger partial charge in [0, 0.05) is 54.6 Å². The molecule has 5 nitrogen and oxygen atoms in total. The Labute approximate surface area is 173 Å². The summed E-state index contributed by atoms with van der Waals surface area (Å²) < 4.78 is 5.54. The minimum atomic E-state index is 0. The van der Waals surface area contributed by atoms with Crippen LogP contribution in [0.2, 0.25) is 0 Å². The number of hydrogen-bond acceptors (Lipinski definition) is 4. The molecule has 1 aliphatic rings. The van der Waals surface area contributed by atoms with E-state index in [1.807, 2.05) is 18.4 Å². The van der Waals surface area contributed by atoms with Crippen LogP contribution in [0.1, 0.15) is 29.5 Å². The van der Waals surface area contributed by atoms with Crippen molar-refractivity contribution >= 4 is 41.3 Å². The molecule has 1 atom stereocenters. The van der Waals surface area contributed by atoms with Gasteiger partial charge in [-0.2, -0.15) is 0 Å². The Kier molecular flexibility index (Phi) is 9.69. The van der Waals surface area contributed by atoms with Crippen molar-refractivity contribution in [2.45, 2.75) is 44.7 Å². The van der Waals surface area contributed by atoms with Crippen molar-refractivity contribution in [3.63, 3.8) is 0 Å². The second kappa shape index (κ2) is 10.7. The highest BCUT2D eigenvalue weighted by Crippen LogP contribution is 2.25. The van der Waals surface area contributed by atoms with E-state index in [0.29, 0.717) is 6.04 Å². The van der Waals surface area contributed by atoms with Crippen molar-refractivity contribution in [1.82, 2.24) is 15.5 Å². The molecule has 0 spiro atoms. The average Bonchev–Trinajstić information content (AvgIpc) is 2.97. The van der Waals surface area contributed by atoms with E-state index in [1.165, 1.54) is 9.75 Å². The van der Waals surface area contributed by atoms with Crippen LogP contribution in [0.4, 0.5) is 0 Å². The molecule has 0 bridgehead atoms. The van der Waals surface area contributed by atoms with Crippen molar-refractivity contribution < 1.29 is 4.74 Å². The summed E-state index contributed by atoms with van der Waals surface area (Å²) in [5, 5.41) is 7.04. The molecule has 0 radical (unpaired) electrons. The summed E-state index contributed by atoms with van der Waals surface area (Å²) in [6.07, 6.45) is 3.12. The van der Waals surface area contributed by atoms with Crippen molar-refractivity contribution in [2.24, 2.45) is 4.99 Å². The summed E-state index contributed by atoms with van der Waals surface area (Å²) in [6.45, 7) is 6.91. The fourth-order valence-electron chi connectivity index (χ4n) is 3.16. The number of ether oxygens (including phenoxy) is 1. The molecule has 0 saturated carbocycles. The lowest BCUT2D eigenvalue weighted by atomic mass is 9.88. The van der Waals surface area contributed by atoms with Crippen LogP contribution in [0.3, 0.4) is 0 Å². The lowest BCUT2D eigenvalue weighted by Crippen LogP contribution is -2.57. The van der Waals surface area contributed by atoms with Gasteiger partial charge in [0.1, 0.15) is 0 Å². The summed E-state index contributed by atoms with van der Waals surface area (Å²) in [5.41, 5.74) is 0.143. The van der Waals surface area contributed by atoms with E-state index in [9.17, 15) is 0 Å². The minimum absolute atomic E-state index is 0. The van der Waals surface area contributed by atoms with Gasteiger partial charge in [-0.25, -0.2) is 0 Å². The number of hydrogen-bond donors (Lipinski definition) is 2. The van der Waals surface area contributed by atoms with Crippen molar-refractivity contribution in [1.29, 1.82) is 0 Å². The largest absolute Gasteiger partial charge is 0.381 e. The SMILES string of the molecule is CN=C(NCC1(N(C)C)CCOCC1)NC(C)Cc1ccc(C)s1.I. The van der Waals surface area contributed by atoms with Gasteiger partial charge in [-0.15, -0.1) is 35.3 Å². The molecule has 1 saturated heterocycles. The molecule has 7 heteroatoms. The molecule has 0 amide bonds. The van der Waals surface area contributed by atoms with Crippen molar-refractivity contribution in [3.05, 3.63) is 21.9 Å². The number of nitrogens with one attached hydrogen (secondary N) is 2. The van der Waals surface area contributed by atoms with Gasteiger partial charge in [0.2, 0.25) is 0 Å². The topological polar surface area (TPSA) is 48.9 Å². The summed E-state index contributed by atoms with van der Waals surface area (Å²) in [6, 6.07) is 4.75. The quantitative estimate of drug-likeness (QED) is 0.374. The molecule has 1 fully saturated rings. The highest BCUT2D eigenvalue weighted by molar-refractivity contribution is 14.0. The van der Waals surface area contributed by atoms with Crippen LogP contribution in [0, 0.1) is 6.92 Å². The molecule has 1 aliphatic heterocycles. The third kappa shape index (κ3) is 6.69. The van der Waals surface area contributed by atoms with E-state index in [1.54, 1.807) is 0 Å². The maximum absolute atomic E-state index is 5.54. The Hall–Kier alpha value is -0.380. The first-order chi connectivity index (χ1) is 11.4. The van der Waals surface area contributed by atoms with E-state index >= 15 is 0 Å². The molecular weight excluding hydrogens is 447 g/mol. The molecule has 0 aromatic carbocycles. The van der Waals surface area contributed by atoms with E-state index in [0.717, 1.165) is 45.0 Å². The number of nitrogens with zero attached hydrogens (tertiary/aromatic N) is 2. The van der Waals surface area contributed by atoms with Crippen molar-refractivity contribution in [2.75, 3.05) is 40.9 Å². The van der Waals surface area contributed by atoms with Crippen LogP contribution in [0.5, 0.6) is 0 Å². The zero-order valence-corrected chi connectivity index (χ0v) is 19.2. The lowest BCUT2D eigenvalue weighted by molar-refractivity contribution is -0.00502. The second-order valence-electron chi connectivity index (χ2n) is 6.92. The summed E-state index contributed by atoms with van der Waals surface area (Å²) >= 11 is 1.87. The maximum atomic E-state index is 5.54. The Morgan fingerprint density at radius 2 is 2.04 bits per heavy atom. The minimum Gasteiger partial charge on any atom is -0.381 e. The molecular formula is C18H33IN4OS. The van der Waals surface area contributed by atoms with Crippen LogP contribution >= 0.6 is 35.3 Å². The third-order valence-electron chi connectivity index (χ3n) is 4.87. The third-order valence-corrected chi connectivity index (χ3v) is 5.89. The Morgan fingerprint density at radius 3 is 2.56 bits per heavy atom. The van der Waals surface area contributed by atoms with Gasteiger partial charge < -0.3 is 20.3 Å². The predicted molar refractivity (Wildman–Crippen MR) is 119 cm³/mol. The standard InChI is InChI=1S/C18H32N4OS.HI/c1-14(12-16-7-6-15(2)24-16)21-17(19-3)20-13-18(22(4)5)8-10-23-11-9-18;/h6-7,14H,8-13H2,1-5H3,(H2,19,20,21);1H. The van der Waals surface area contributed by atoms with Crippen LogP contribution in [0.15, 0.2) is 17.1 Å². The number of thiophene rings is 1. The smallest absolute Gasteiger partial charge is 0.191 e. The first kappa shape index (κ1) is 22.7. The molecule has 1 aromatic rings. The average molecular weight is 480 g/mol. The molecule has 25 heavy (non-hydrogen) atoms. The van der Waals surface area contributed by atoms with Gasteiger partial charge in [-0.3, -0.25) is 4.99 Å². The van der Waals surface area contributed by atoms with Gasteiger partial charge >= 0.3 is 0 Å². The Morgan fingerprint density at radius 1 is 1.36 bits per heavy atom. The van der Waals surface area contributed by atoms with Gasteiger partial charge in [0.15, 0.2) is 5.96 Å². The van der Waals surface area contributed by atoms with Gasteiger partial charge in [0.05, 0.1) is 0 Å². The summed E-state index contributed by atoms with van der Waals surface area (Å²) in [7, 11) is 6.15. The van der Waals surface area contributed by atoms with Crippen LogP contribution in [0.25, 0.3) is 0 Å². The second-order valence-corrected chi connectivity index (χ2v) is 8.29. The van der Waals surface area contributed by atoms with Gasteiger partial charge in [-0.05, 0) is 52.9 Å². The number of guanidine groups is 1. The van der Waals surface area contributed by atoms with E-state index in [2.05, 4.69) is 60.6 Å². The normalized spacial score (nSPS) is 18.6. The molecule has 2 rings (SSSR count). The van der Waals surface area contributed by atoms with Gasteiger partial charge in [0.25, 0.3) is 0 Å². The fraction of sp³-hybridized carbons (Fsp3) is 0.722. The highest BCUT2D eigenvalue weighted by Gasteiger charge is 2.34. The van der Waals surface area contributed by atoms with Gasteiger partial charge in [-0.1, -0.05) is 0 Å². The Balaban J connectivity index is 0.00000312. The molecule has 0 aliphatic carbocycles. The summed E-state index contributed by atoms with van der Waals surface area (Å²) in [4.78, 5) is 9.51. The van der Waals surface area contributed by atoms with E-state index in [-0.39, 0.29) is 29.5 Å². The van der Waals surface area contributed by atoms with E-state index < -0.39 is 0 Å². The zero-order chi connectivity index (χ0) is 17.6. The number of aryl methyl sites for hydroxylation is 1.